The predicted octanol–water partition coefficient (Wildman–Crippen LogP) is 5.22. The first-order valence-electron chi connectivity index (χ1n) is 7.76. The molecule has 2 aromatic rings. The van der Waals surface area contributed by atoms with Crippen LogP contribution in [0.1, 0.15) is 44.9 Å². The molecule has 23 heavy (non-hydrogen) atoms. The Morgan fingerprint density at radius 3 is 2.52 bits per heavy atom. The molecule has 0 fully saturated rings. The van der Waals surface area contributed by atoms with Crippen molar-refractivity contribution in [2.75, 3.05) is 6.61 Å². The lowest BCUT2D eigenvalue weighted by molar-refractivity contribution is -0.166. The lowest BCUT2D eigenvalue weighted by atomic mass is 9.97. The predicted molar refractivity (Wildman–Crippen MR) is 93.9 cm³/mol. The normalized spacial score (nSPS) is 13.1. The minimum Gasteiger partial charge on any atom is -0.464 e. The number of hydrogen-bond donors (Lipinski definition) is 0. The quantitative estimate of drug-likeness (QED) is 0.719. The van der Waals surface area contributed by atoms with Gasteiger partial charge < -0.3 is 9.47 Å². The van der Waals surface area contributed by atoms with E-state index in [2.05, 4.69) is 0 Å². The Bertz CT molecular complexity index is 716. The van der Waals surface area contributed by atoms with Crippen LogP contribution in [0.25, 0.3) is 10.8 Å². The molecule has 0 N–H and O–H groups in total. The van der Waals surface area contributed by atoms with Gasteiger partial charge in [0.2, 0.25) is 0 Å². The van der Waals surface area contributed by atoms with Gasteiger partial charge in [-0.2, -0.15) is 0 Å². The zero-order valence-corrected chi connectivity index (χ0v) is 15.0. The highest BCUT2D eigenvalue weighted by atomic mass is 35.5. The number of carbonyl (C=O) groups excluding carboxylic acids is 1. The van der Waals surface area contributed by atoms with Crippen molar-refractivity contribution in [1.82, 2.24) is 0 Å². The van der Waals surface area contributed by atoms with Gasteiger partial charge in [0.05, 0.1) is 17.2 Å². The fourth-order valence-electron chi connectivity index (χ4n) is 2.57. The van der Waals surface area contributed by atoms with Gasteiger partial charge in [-0.15, -0.1) is 0 Å². The lowest BCUT2D eigenvalue weighted by Gasteiger charge is -2.28. The molecule has 0 spiro atoms. The summed E-state index contributed by atoms with van der Waals surface area (Å²) in [5.41, 5.74) is 1.09. The van der Waals surface area contributed by atoms with Crippen molar-refractivity contribution in [3.05, 3.63) is 46.5 Å². The molecule has 3 nitrogen and oxygen atoms in total. The molecule has 0 aliphatic carbocycles. The standard InChI is InChI=1S/C19H23ClO3/c1-6-22-18(21)17(23-19(3,4)5)15-12(2)11-13-9-7-8-10-14(13)16(15)20/h7-11,17H,6H2,1-5H3. The van der Waals surface area contributed by atoms with E-state index in [0.717, 1.165) is 16.3 Å². The summed E-state index contributed by atoms with van der Waals surface area (Å²) in [5, 5.41) is 2.49. The number of benzene rings is 2. The summed E-state index contributed by atoms with van der Waals surface area (Å²) in [4.78, 5) is 12.5. The maximum Gasteiger partial charge on any atom is 0.340 e. The Kier molecular flexibility index (Phi) is 5.33. The number of hydrogen-bond acceptors (Lipinski definition) is 3. The largest absolute Gasteiger partial charge is 0.464 e. The summed E-state index contributed by atoms with van der Waals surface area (Å²) in [7, 11) is 0. The molecule has 1 atom stereocenters. The van der Waals surface area contributed by atoms with Crippen molar-refractivity contribution in [1.29, 1.82) is 0 Å². The second-order valence-electron chi connectivity index (χ2n) is 6.50. The van der Waals surface area contributed by atoms with Crippen LogP contribution in [0.2, 0.25) is 5.02 Å². The van der Waals surface area contributed by atoms with Gasteiger partial charge in [0.15, 0.2) is 6.10 Å². The molecule has 1 unspecified atom stereocenters. The first-order chi connectivity index (χ1) is 10.7. The van der Waals surface area contributed by atoms with Crippen molar-refractivity contribution >= 4 is 28.3 Å². The topological polar surface area (TPSA) is 35.5 Å². The van der Waals surface area contributed by atoms with E-state index in [9.17, 15) is 4.79 Å². The van der Waals surface area contributed by atoms with E-state index in [1.807, 2.05) is 58.0 Å². The molecule has 0 saturated heterocycles. The van der Waals surface area contributed by atoms with Gasteiger partial charge in [-0.05, 0) is 45.6 Å². The van der Waals surface area contributed by atoms with Crippen LogP contribution >= 0.6 is 11.6 Å². The molecule has 0 radical (unpaired) electrons. The molecule has 2 rings (SSSR count). The number of aryl methyl sites for hydroxylation is 1. The Morgan fingerprint density at radius 1 is 1.26 bits per heavy atom. The Morgan fingerprint density at radius 2 is 1.91 bits per heavy atom. The number of fused-ring (bicyclic) bond motifs is 1. The summed E-state index contributed by atoms with van der Waals surface area (Å²) < 4.78 is 11.2. The summed E-state index contributed by atoms with van der Waals surface area (Å²) in [6, 6.07) is 9.86. The fourth-order valence-corrected chi connectivity index (χ4v) is 2.99. The summed E-state index contributed by atoms with van der Waals surface area (Å²) in [5.74, 6) is -0.414. The van der Waals surface area contributed by atoms with E-state index in [1.165, 1.54) is 0 Å². The maximum atomic E-state index is 12.5. The number of carbonyl (C=O) groups is 1. The molecule has 0 bridgehead atoms. The van der Waals surface area contributed by atoms with E-state index in [0.29, 0.717) is 17.2 Å². The molecule has 0 aliphatic heterocycles. The average Bonchev–Trinajstić information content (AvgIpc) is 2.45. The molecule has 2 aromatic carbocycles. The first kappa shape index (κ1) is 17.8. The van der Waals surface area contributed by atoms with Crippen LogP contribution in [0, 0.1) is 6.92 Å². The van der Waals surface area contributed by atoms with Crippen LogP contribution in [0.15, 0.2) is 30.3 Å². The summed E-state index contributed by atoms with van der Waals surface area (Å²) in [6.07, 6.45) is -0.841. The van der Waals surface area contributed by atoms with Crippen LogP contribution in [0.3, 0.4) is 0 Å². The smallest absolute Gasteiger partial charge is 0.340 e. The zero-order valence-electron chi connectivity index (χ0n) is 14.3. The van der Waals surface area contributed by atoms with Gasteiger partial charge in [0, 0.05) is 10.9 Å². The molecule has 0 heterocycles. The van der Waals surface area contributed by atoms with E-state index in [4.69, 9.17) is 21.1 Å². The van der Waals surface area contributed by atoms with Crippen LogP contribution in [0.5, 0.6) is 0 Å². The SMILES string of the molecule is CCOC(=O)C(OC(C)(C)C)c1c(C)cc2ccccc2c1Cl. The second kappa shape index (κ2) is 6.90. The molecule has 4 heteroatoms. The highest BCUT2D eigenvalue weighted by Crippen LogP contribution is 2.37. The summed E-state index contributed by atoms with van der Waals surface area (Å²) >= 11 is 6.63. The van der Waals surface area contributed by atoms with Crippen molar-refractivity contribution in [2.45, 2.75) is 46.3 Å². The van der Waals surface area contributed by atoms with Crippen LogP contribution in [0.4, 0.5) is 0 Å². The van der Waals surface area contributed by atoms with Crippen LogP contribution in [-0.2, 0) is 14.3 Å². The molecule has 124 valence electrons. The van der Waals surface area contributed by atoms with Gasteiger partial charge in [-0.1, -0.05) is 41.9 Å². The Balaban J connectivity index is 2.62. The number of halogens is 1. The summed E-state index contributed by atoms with van der Waals surface area (Å²) in [6.45, 7) is 9.73. The average molecular weight is 335 g/mol. The molecular weight excluding hydrogens is 312 g/mol. The van der Waals surface area contributed by atoms with Crippen molar-refractivity contribution in [3.8, 4) is 0 Å². The number of ether oxygens (including phenoxy) is 2. The third-order valence-corrected chi connectivity index (χ3v) is 3.87. The van der Waals surface area contributed by atoms with Crippen molar-refractivity contribution in [3.63, 3.8) is 0 Å². The van der Waals surface area contributed by atoms with E-state index in [1.54, 1.807) is 6.92 Å². The minimum absolute atomic E-state index is 0.299. The number of esters is 1. The fraction of sp³-hybridized carbons (Fsp3) is 0.421. The highest BCUT2D eigenvalue weighted by molar-refractivity contribution is 6.36. The Labute approximate surface area is 142 Å². The van der Waals surface area contributed by atoms with Gasteiger partial charge in [0.25, 0.3) is 0 Å². The monoisotopic (exact) mass is 334 g/mol. The molecular formula is C19H23ClO3. The lowest BCUT2D eigenvalue weighted by Crippen LogP contribution is -2.29. The van der Waals surface area contributed by atoms with E-state index in [-0.39, 0.29) is 0 Å². The third-order valence-electron chi connectivity index (χ3n) is 3.46. The minimum atomic E-state index is -0.841. The maximum absolute atomic E-state index is 12.5. The molecule has 0 aliphatic rings. The van der Waals surface area contributed by atoms with Crippen molar-refractivity contribution in [2.24, 2.45) is 0 Å². The number of rotatable bonds is 4. The second-order valence-corrected chi connectivity index (χ2v) is 6.88. The molecule has 0 saturated carbocycles. The highest BCUT2D eigenvalue weighted by Gasteiger charge is 2.31. The third kappa shape index (κ3) is 4.04. The molecule has 0 aromatic heterocycles. The molecule has 0 amide bonds. The van der Waals surface area contributed by atoms with E-state index >= 15 is 0 Å². The zero-order chi connectivity index (χ0) is 17.2. The van der Waals surface area contributed by atoms with Gasteiger partial charge in [-0.25, -0.2) is 4.79 Å². The van der Waals surface area contributed by atoms with Crippen molar-refractivity contribution < 1.29 is 14.3 Å². The first-order valence-corrected chi connectivity index (χ1v) is 8.14. The Hall–Kier alpha value is -1.58. The van der Waals surface area contributed by atoms with Crippen LogP contribution < -0.4 is 0 Å². The van der Waals surface area contributed by atoms with E-state index < -0.39 is 17.7 Å². The van der Waals surface area contributed by atoms with Gasteiger partial charge in [-0.3, -0.25) is 0 Å². The van der Waals surface area contributed by atoms with Crippen LogP contribution in [-0.4, -0.2) is 18.2 Å². The van der Waals surface area contributed by atoms with Gasteiger partial charge in [0.1, 0.15) is 0 Å². The van der Waals surface area contributed by atoms with Gasteiger partial charge >= 0.3 is 5.97 Å².